The van der Waals surface area contributed by atoms with Gasteiger partial charge in [0.05, 0.1) is 11.4 Å². The van der Waals surface area contributed by atoms with E-state index in [1.54, 1.807) is 24.5 Å². The smallest absolute Gasteiger partial charge is 0.261 e. The Balaban J connectivity index is 0.797. The molecule has 4 aliphatic rings. The van der Waals surface area contributed by atoms with Crippen molar-refractivity contribution < 1.29 is 38.4 Å². The molecule has 0 aliphatic carbocycles. The van der Waals surface area contributed by atoms with Crippen LogP contribution in [0, 0.1) is 59.2 Å². The van der Waals surface area contributed by atoms with Crippen LogP contribution in [0.3, 0.4) is 0 Å². The quantitative estimate of drug-likeness (QED) is 0.0467. The lowest BCUT2D eigenvalue weighted by atomic mass is 9.79. The largest absolute Gasteiger partial charge is 0.271 e. The van der Waals surface area contributed by atoms with E-state index in [0.29, 0.717) is 134 Å². The van der Waals surface area contributed by atoms with Crippen molar-refractivity contribution in [1.29, 1.82) is 0 Å². The summed E-state index contributed by atoms with van der Waals surface area (Å²) < 4.78 is 0. The van der Waals surface area contributed by atoms with Crippen LogP contribution in [-0.2, 0) is 0 Å². The Bertz CT molecular complexity index is 5860. The minimum atomic E-state index is -0.391. The number of hydrogen-bond acceptors (Lipinski definition) is 10. The van der Waals surface area contributed by atoms with Gasteiger partial charge in [0, 0.05) is 146 Å². The topological polar surface area (TPSA) is 175 Å². The fraction of sp³-hybridized carbons (Fsp3) is 0.295. The summed E-state index contributed by atoms with van der Waals surface area (Å²) in [5.74, 6) is 10.8. The highest BCUT2D eigenvalue weighted by molar-refractivity contribution is 6.44. The molecule has 0 fully saturated rings. The Morgan fingerprint density at radius 1 is 0.284 bits per heavy atom. The molecule has 0 bridgehead atoms. The van der Waals surface area contributed by atoms with Crippen molar-refractivity contribution in [3.05, 3.63) is 188 Å². The van der Waals surface area contributed by atoms with Gasteiger partial charge in [0.25, 0.3) is 47.3 Å². The lowest BCUT2D eigenvalue weighted by Gasteiger charge is -2.39. The second-order valence-corrected chi connectivity index (χ2v) is 30.3. The van der Waals surface area contributed by atoms with Gasteiger partial charge in [-0.1, -0.05) is 157 Å². The Labute approximate surface area is 591 Å². The number of imide groups is 4. The monoisotopic (exact) mass is 1340 g/mol. The first-order valence-corrected chi connectivity index (χ1v) is 35.8. The van der Waals surface area contributed by atoms with E-state index in [9.17, 15) is 33.6 Å². The van der Waals surface area contributed by atoms with E-state index in [-0.39, 0.29) is 101 Å². The van der Waals surface area contributed by atoms with Gasteiger partial charge in [0.1, 0.15) is 0 Å². The Morgan fingerprint density at radius 2 is 0.549 bits per heavy atom. The molecular weight excluding hydrogens is 1270 g/mol. The maximum Gasteiger partial charge on any atom is 0.261 e. The molecule has 16 rings (SSSR count). The average molecular weight is 1350 g/mol. The Morgan fingerprint density at radius 3 is 0.833 bits per heavy atom. The van der Waals surface area contributed by atoms with E-state index >= 15 is 4.79 Å². The van der Waals surface area contributed by atoms with Crippen molar-refractivity contribution in [2.75, 3.05) is 0 Å². The van der Waals surface area contributed by atoms with E-state index < -0.39 is 5.91 Å². The number of fused-ring (bicyclic) bond motifs is 4. The SMILES string of the molecule is CCC(CC)N1C(=O)c2ccc3c4ccc5c6c(ccc(c7c(C#Cc8ccc(-c9ccc(C#Cc%10cc%11c%12c(ccc%13c%14ccc%15c%16c(ccc(c%10c%12%13)c%16%14)C(=O)N(C(C(C)C)C(C)C)C%15=O)C(=O)N(C(C(C)C)C(C)C)C%11=O)cn9)nc8)cc(c2c37)C1=O)c64)C(=O)N(C(C(C)C)C(C)C)C5=O. The van der Waals surface area contributed by atoms with Gasteiger partial charge in [-0.3, -0.25) is 67.9 Å². The predicted molar refractivity (Wildman–Crippen MR) is 401 cm³/mol. The van der Waals surface area contributed by atoms with Crippen LogP contribution in [0.2, 0.25) is 0 Å². The summed E-state index contributed by atoms with van der Waals surface area (Å²) in [6, 6.07) is 32.1. The third-order valence-electron chi connectivity index (χ3n) is 22.4. The molecule has 14 nitrogen and oxygen atoms in total. The molecule has 14 heteroatoms. The highest BCUT2D eigenvalue weighted by Crippen LogP contribution is 2.51. The standard InChI is InChI=1S/C88H76N6O8/c1-15-51(16-2)91-81(95)62-31-25-54-52-23-29-58-72-60(84(98)92(82(58)96)78(41(3)4)42(5)6)33-27-56(70(52)72)68-49(37-64(87(91)101)74(62)76(54)68)21-17-47-19-35-66(89-39-47)67-36-20-48(40-90-67)18-22-50-38-65-75-63(86(100)94(88(65)102)80(45(11)12)46(13)14)32-26-55-53-24-30-59-73-61(34-28-57(71(53)73)69(50)77(55)75)85(99)93(83(59)97)79(43(7)8)44(9)10/h19-20,23-46,51,78-80H,15-16H2,1-14H3. The third-order valence-corrected chi connectivity index (χ3v) is 22.4. The summed E-state index contributed by atoms with van der Waals surface area (Å²) in [5.41, 5.74) is 6.69. The summed E-state index contributed by atoms with van der Waals surface area (Å²) in [6.45, 7) is 28.3. The molecule has 102 heavy (non-hydrogen) atoms. The number of amides is 8. The van der Waals surface area contributed by atoms with Crippen LogP contribution in [0.25, 0.3) is 97.6 Å². The van der Waals surface area contributed by atoms with Gasteiger partial charge in [-0.2, -0.15) is 0 Å². The van der Waals surface area contributed by atoms with Crippen LogP contribution in [0.4, 0.5) is 0 Å². The maximum absolute atomic E-state index is 15.2. The Hall–Kier alpha value is -11.2. The highest BCUT2D eigenvalue weighted by Gasteiger charge is 2.46. The van der Waals surface area contributed by atoms with Crippen molar-refractivity contribution in [2.45, 2.75) is 134 Å². The average Bonchev–Trinajstić information content (AvgIpc) is 0.689. The van der Waals surface area contributed by atoms with Crippen LogP contribution in [0.5, 0.6) is 0 Å². The van der Waals surface area contributed by atoms with Gasteiger partial charge in [-0.15, -0.1) is 0 Å². The number of benzene rings is 10. The molecule has 0 spiro atoms. The fourth-order valence-corrected chi connectivity index (χ4v) is 18.4. The number of carbonyl (C=O) groups is 8. The summed E-state index contributed by atoms with van der Waals surface area (Å²) in [4.78, 5) is 134. The van der Waals surface area contributed by atoms with E-state index in [2.05, 4.69) is 23.7 Å². The van der Waals surface area contributed by atoms with Crippen LogP contribution in [0.1, 0.15) is 215 Å². The molecular formula is C88H76N6O8. The molecule has 0 saturated carbocycles. The molecule has 12 aromatic rings. The summed E-state index contributed by atoms with van der Waals surface area (Å²) in [7, 11) is 0. The van der Waals surface area contributed by atoms with E-state index in [1.165, 1.54) is 19.6 Å². The number of hydrogen-bond donors (Lipinski definition) is 0. The van der Waals surface area contributed by atoms with Crippen LogP contribution >= 0.6 is 0 Å². The second-order valence-electron chi connectivity index (χ2n) is 30.3. The van der Waals surface area contributed by atoms with Crippen molar-refractivity contribution in [3.63, 3.8) is 0 Å². The van der Waals surface area contributed by atoms with Gasteiger partial charge in [0.15, 0.2) is 0 Å². The number of aromatic nitrogens is 2. The number of nitrogens with zero attached hydrogens (tertiary/aromatic N) is 6. The summed E-state index contributed by atoms with van der Waals surface area (Å²) in [5, 5.41) is 11.1. The zero-order valence-electron chi connectivity index (χ0n) is 59.7. The molecule has 0 radical (unpaired) electrons. The molecule has 0 N–H and O–H groups in total. The molecule has 4 aliphatic heterocycles. The molecule has 0 saturated heterocycles. The van der Waals surface area contributed by atoms with Crippen LogP contribution in [0.15, 0.2) is 122 Å². The fourth-order valence-electron chi connectivity index (χ4n) is 18.4. The van der Waals surface area contributed by atoms with Crippen molar-refractivity contribution in [3.8, 4) is 35.1 Å². The maximum atomic E-state index is 15.2. The summed E-state index contributed by atoms with van der Waals surface area (Å²) in [6.07, 6.45) is 4.51. The molecule has 6 heterocycles. The molecule has 506 valence electrons. The number of rotatable bonds is 13. The molecule has 10 aromatic carbocycles. The van der Waals surface area contributed by atoms with Crippen molar-refractivity contribution in [2.24, 2.45) is 35.5 Å². The normalized spacial score (nSPS) is 14.9. The lowest BCUT2D eigenvalue weighted by Crippen LogP contribution is -2.51. The number of pyridine rings is 2. The molecule has 0 unspecified atom stereocenters. The first kappa shape index (κ1) is 65.4. The van der Waals surface area contributed by atoms with E-state index in [0.717, 1.165) is 43.1 Å². The van der Waals surface area contributed by atoms with Crippen LogP contribution in [-0.4, -0.2) is 101 Å². The molecule has 0 atom stereocenters. The molecule has 8 amide bonds. The third kappa shape index (κ3) is 9.19. The predicted octanol–water partition coefficient (Wildman–Crippen LogP) is 17.7. The van der Waals surface area contributed by atoms with Gasteiger partial charge in [-0.05, 0) is 164 Å². The van der Waals surface area contributed by atoms with Crippen molar-refractivity contribution in [1.82, 2.24) is 29.6 Å². The van der Waals surface area contributed by atoms with Gasteiger partial charge in [-0.25, -0.2) is 0 Å². The van der Waals surface area contributed by atoms with E-state index in [1.807, 2.05) is 194 Å². The number of carbonyl (C=O) groups excluding carboxylic acids is 8. The zero-order chi connectivity index (χ0) is 71.8. The minimum Gasteiger partial charge on any atom is -0.271 e. The minimum absolute atomic E-state index is 0.0119. The van der Waals surface area contributed by atoms with Gasteiger partial charge in [0.2, 0.25) is 0 Å². The first-order chi connectivity index (χ1) is 48.9. The lowest BCUT2D eigenvalue weighted by molar-refractivity contribution is 0.0423. The first-order valence-electron chi connectivity index (χ1n) is 35.8. The van der Waals surface area contributed by atoms with Crippen molar-refractivity contribution >= 4 is 133 Å². The van der Waals surface area contributed by atoms with Crippen LogP contribution < -0.4 is 0 Å². The second kappa shape index (κ2) is 23.7. The van der Waals surface area contributed by atoms with Gasteiger partial charge < -0.3 is 0 Å². The zero-order valence-corrected chi connectivity index (χ0v) is 59.7. The Kier molecular flexibility index (Phi) is 15.2. The van der Waals surface area contributed by atoms with Gasteiger partial charge >= 0.3 is 0 Å². The van der Waals surface area contributed by atoms with E-state index in [4.69, 9.17) is 9.97 Å². The highest BCUT2D eigenvalue weighted by atomic mass is 16.2. The summed E-state index contributed by atoms with van der Waals surface area (Å²) >= 11 is 0. The molecule has 2 aromatic heterocycles.